The first-order chi connectivity index (χ1) is 7.47. The molecule has 1 unspecified atom stereocenters. The van der Waals surface area contributed by atoms with Gasteiger partial charge in [0.15, 0.2) is 0 Å². The van der Waals surface area contributed by atoms with E-state index >= 15 is 0 Å². The monoisotopic (exact) mass is 228 g/mol. The van der Waals surface area contributed by atoms with E-state index in [1.165, 1.54) is 12.8 Å². The van der Waals surface area contributed by atoms with Crippen LogP contribution in [0.1, 0.15) is 39.5 Å². The number of hydrogen-bond donors (Lipinski definition) is 1. The van der Waals surface area contributed by atoms with Crippen LogP contribution in [0.15, 0.2) is 0 Å². The van der Waals surface area contributed by atoms with Crippen LogP contribution in [0.3, 0.4) is 0 Å². The highest BCUT2D eigenvalue weighted by atomic mass is 16.5. The van der Waals surface area contributed by atoms with Crippen LogP contribution in [0.5, 0.6) is 0 Å². The van der Waals surface area contributed by atoms with Gasteiger partial charge >= 0.3 is 5.97 Å². The lowest BCUT2D eigenvalue weighted by Crippen LogP contribution is -2.46. The lowest BCUT2D eigenvalue weighted by atomic mass is 9.97. The number of esters is 1. The largest absolute Gasteiger partial charge is 0.465 e. The highest BCUT2D eigenvalue weighted by Gasteiger charge is 2.30. The van der Waals surface area contributed by atoms with Gasteiger partial charge in [0.1, 0.15) is 5.54 Å². The Kier molecular flexibility index (Phi) is 4.74. The van der Waals surface area contributed by atoms with Crippen molar-refractivity contribution < 1.29 is 9.53 Å². The SMILES string of the molecule is CCOC(=O)C(C)(N)CCCN(C)C1CC1. The molecule has 1 saturated carbocycles. The normalized spacial score (nSPS) is 19.6. The Bertz CT molecular complexity index is 237. The molecule has 0 aromatic heterocycles. The Morgan fingerprint density at radius 2 is 2.19 bits per heavy atom. The van der Waals surface area contributed by atoms with Gasteiger partial charge in [-0.05, 0) is 53.1 Å². The summed E-state index contributed by atoms with van der Waals surface area (Å²) in [7, 11) is 2.13. The summed E-state index contributed by atoms with van der Waals surface area (Å²) in [5.41, 5.74) is 5.10. The minimum absolute atomic E-state index is 0.288. The van der Waals surface area contributed by atoms with E-state index in [0.717, 1.165) is 19.0 Å². The fraction of sp³-hybridized carbons (Fsp3) is 0.917. The van der Waals surface area contributed by atoms with Crippen LogP contribution < -0.4 is 5.73 Å². The first-order valence-electron chi connectivity index (χ1n) is 6.13. The molecular weight excluding hydrogens is 204 g/mol. The van der Waals surface area contributed by atoms with E-state index in [4.69, 9.17) is 10.5 Å². The van der Waals surface area contributed by atoms with E-state index in [1.54, 1.807) is 13.8 Å². The molecule has 0 amide bonds. The minimum atomic E-state index is -0.833. The van der Waals surface area contributed by atoms with E-state index in [9.17, 15) is 4.79 Å². The summed E-state index contributed by atoms with van der Waals surface area (Å²) in [6.45, 7) is 4.96. The zero-order valence-corrected chi connectivity index (χ0v) is 10.7. The van der Waals surface area contributed by atoms with Gasteiger partial charge in [0, 0.05) is 6.04 Å². The Morgan fingerprint density at radius 1 is 1.56 bits per heavy atom. The van der Waals surface area contributed by atoms with Crippen molar-refractivity contribution in [2.45, 2.75) is 51.1 Å². The van der Waals surface area contributed by atoms with E-state index in [1.807, 2.05) is 0 Å². The second-order valence-corrected chi connectivity index (χ2v) is 4.95. The Balaban J connectivity index is 2.21. The van der Waals surface area contributed by atoms with Crippen molar-refractivity contribution in [2.75, 3.05) is 20.2 Å². The molecule has 1 atom stereocenters. The maximum absolute atomic E-state index is 11.5. The summed E-state index contributed by atoms with van der Waals surface area (Å²) in [5.74, 6) is -0.288. The van der Waals surface area contributed by atoms with Gasteiger partial charge in [0.2, 0.25) is 0 Å². The van der Waals surface area contributed by atoms with Crippen LogP contribution in [0, 0.1) is 0 Å². The van der Waals surface area contributed by atoms with Crippen molar-refractivity contribution in [3.8, 4) is 0 Å². The van der Waals surface area contributed by atoms with Crippen LogP contribution in [-0.2, 0) is 9.53 Å². The van der Waals surface area contributed by atoms with Crippen molar-refractivity contribution in [2.24, 2.45) is 5.73 Å². The third-order valence-electron chi connectivity index (χ3n) is 3.12. The van der Waals surface area contributed by atoms with Crippen LogP contribution in [0.25, 0.3) is 0 Å². The van der Waals surface area contributed by atoms with Gasteiger partial charge in [-0.1, -0.05) is 0 Å². The van der Waals surface area contributed by atoms with E-state index in [-0.39, 0.29) is 5.97 Å². The van der Waals surface area contributed by atoms with Gasteiger partial charge in [-0.25, -0.2) is 0 Å². The van der Waals surface area contributed by atoms with Gasteiger partial charge in [-0.3, -0.25) is 4.79 Å². The number of hydrogen-bond acceptors (Lipinski definition) is 4. The second kappa shape index (κ2) is 5.64. The number of rotatable bonds is 7. The zero-order valence-electron chi connectivity index (χ0n) is 10.7. The third-order valence-corrected chi connectivity index (χ3v) is 3.12. The van der Waals surface area contributed by atoms with Gasteiger partial charge in [0.05, 0.1) is 6.61 Å². The molecule has 16 heavy (non-hydrogen) atoms. The van der Waals surface area contributed by atoms with Gasteiger partial charge in [0.25, 0.3) is 0 Å². The summed E-state index contributed by atoms with van der Waals surface area (Å²) < 4.78 is 4.95. The molecule has 1 fully saturated rings. The maximum atomic E-state index is 11.5. The van der Waals surface area contributed by atoms with Crippen LogP contribution in [0.2, 0.25) is 0 Å². The van der Waals surface area contributed by atoms with Crippen LogP contribution in [0.4, 0.5) is 0 Å². The molecule has 1 rings (SSSR count). The molecule has 0 aromatic rings. The summed E-state index contributed by atoms with van der Waals surface area (Å²) in [6, 6.07) is 0.770. The number of nitrogens with two attached hydrogens (primary N) is 1. The van der Waals surface area contributed by atoms with Gasteiger partial charge in [-0.2, -0.15) is 0 Å². The fourth-order valence-electron chi connectivity index (χ4n) is 1.79. The molecule has 0 radical (unpaired) electrons. The van der Waals surface area contributed by atoms with Crippen LogP contribution >= 0.6 is 0 Å². The van der Waals surface area contributed by atoms with Crippen molar-refractivity contribution in [1.29, 1.82) is 0 Å². The molecule has 0 heterocycles. The van der Waals surface area contributed by atoms with E-state index < -0.39 is 5.54 Å². The molecular formula is C12H24N2O2. The molecule has 1 aliphatic carbocycles. The molecule has 0 aromatic carbocycles. The molecule has 4 heteroatoms. The first-order valence-corrected chi connectivity index (χ1v) is 6.13. The van der Waals surface area contributed by atoms with E-state index in [0.29, 0.717) is 13.0 Å². The predicted octanol–water partition coefficient (Wildman–Crippen LogP) is 1.14. The number of carbonyl (C=O) groups is 1. The number of ether oxygens (including phenoxy) is 1. The van der Waals surface area contributed by atoms with Crippen molar-refractivity contribution >= 4 is 5.97 Å². The molecule has 94 valence electrons. The smallest absolute Gasteiger partial charge is 0.325 e. The van der Waals surface area contributed by atoms with Crippen LogP contribution in [-0.4, -0.2) is 42.6 Å². The molecule has 0 bridgehead atoms. The minimum Gasteiger partial charge on any atom is -0.465 e. The molecule has 1 aliphatic rings. The number of carbonyl (C=O) groups excluding carboxylic acids is 1. The second-order valence-electron chi connectivity index (χ2n) is 4.95. The fourth-order valence-corrected chi connectivity index (χ4v) is 1.79. The van der Waals surface area contributed by atoms with Gasteiger partial charge < -0.3 is 15.4 Å². The first kappa shape index (κ1) is 13.5. The Labute approximate surface area is 98.1 Å². The lowest BCUT2D eigenvalue weighted by Gasteiger charge is -2.23. The summed E-state index contributed by atoms with van der Waals surface area (Å²) in [5, 5.41) is 0. The van der Waals surface area contributed by atoms with Crippen molar-refractivity contribution in [1.82, 2.24) is 4.90 Å². The standard InChI is InChI=1S/C12H24N2O2/c1-4-16-11(15)12(2,13)8-5-9-14(3)10-6-7-10/h10H,4-9,13H2,1-3H3. The average Bonchev–Trinajstić information content (AvgIpc) is 3.00. The molecule has 0 saturated heterocycles. The summed E-state index contributed by atoms with van der Waals surface area (Å²) in [4.78, 5) is 13.9. The molecule has 2 N–H and O–H groups in total. The number of nitrogens with zero attached hydrogens (tertiary/aromatic N) is 1. The van der Waals surface area contributed by atoms with Crippen molar-refractivity contribution in [3.63, 3.8) is 0 Å². The predicted molar refractivity (Wildman–Crippen MR) is 64.1 cm³/mol. The Morgan fingerprint density at radius 3 is 2.69 bits per heavy atom. The van der Waals surface area contributed by atoms with Crippen molar-refractivity contribution in [3.05, 3.63) is 0 Å². The molecule has 4 nitrogen and oxygen atoms in total. The molecule has 0 spiro atoms. The summed E-state index contributed by atoms with van der Waals surface area (Å²) in [6.07, 6.45) is 4.25. The quantitative estimate of drug-likeness (QED) is 0.664. The summed E-state index contributed by atoms with van der Waals surface area (Å²) >= 11 is 0. The molecule has 0 aliphatic heterocycles. The van der Waals surface area contributed by atoms with Gasteiger partial charge in [-0.15, -0.1) is 0 Å². The highest BCUT2D eigenvalue weighted by Crippen LogP contribution is 2.25. The average molecular weight is 228 g/mol. The Hall–Kier alpha value is -0.610. The lowest BCUT2D eigenvalue weighted by molar-refractivity contribution is -0.149. The highest BCUT2D eigenvalue weighted by molar-refractivity contribution is 5.79. The maximum Gasteiger partial charge on any atom is 0.325 e. The zero-order chi connectivity index (χ0) is 12.2. The van der Waals surface area contributed by atoms with E-state index in [2.05, 4.69) is 11.9 Å². The third kappa shape index (κ3) is 4.10. The topological polar surface area (TPSA) is 55.6 Å².